The van der Waals surface area contributed by atoms with Crippen molar-refractivity contribution in [3.05, 3.63) is 102 Å². The Balaban J connectivity index is 1.62. The molecule has 4 rings (SSSR count). The summed E-state index contributed by atoms with van der Waals surface area (Å²) in [5.41, 5.74) is 0.195. The third-order valence-electron chi connectivity index (χ3n) is 5.16. The van der Waals surface area contributed by atoms with Crippen LogP contribution >= 0.6 is 11.6 Å². The fourth-order valence-corrected chi connectivity index (χ4v) is 6.36. The molecule has 0 spiro atoms. The lowest BCUT2D eigenvalue weighted by Gasteiger charge is -2.25. The van der Waals surface area contributed by atoms with Crippen LogP contribution in [-0.4, -0.2) is 29.9 Å². The quantitative estimate of drug-likeness (QED) is 0.363. The summed E-state index contributed by atoms with van der Waals surface area (Å²) in [6.07, 6.45) is 0. The number of fused-ring (bicyclic) bond motifs is 1. The number of halogens is 2. The van der Waals surface area contributed by atoms with E-state index in [1.54, 1.807) is 18.2 Å². The van der Waals surface area contributed by atoms with E-state index in [2.05, 4.69) is 4.72 Å². The number of nitrogens with zero attached hydrogens (tertiary/aromatic N) is 1. The number of sulfonamides is 2. The van der Waals surface area contributed by atoms with Crippen molar-refractivity contribution in [2.75, 3.05) is 17.4 Å². The van der Waals surface area contributed by atoms with Crippen molar-refractivity contribution >= 4 is 48.1 Å². The Kier molecular flexibility index (Phi) is 6.90. The average molecular weight is 519 g/mol. The minimum Gasteiger partial charge on any atom is -0.265 e. The number of hydrogen-bond donors (Lipinski definition) is 1. The highest BCUT2D eigenvalue weighted by molar-refractivity contribution is 7.92. The van der Waals surface area contributed by atoms with Crippen molar-refractivity contribution < 1.29 is 21.2 Å². The lowest BCUT2D eigenvalue weighted by Crippen LogP contribution is -2.38. The molecule has 0 saturated heterocycles. The minimum absolute atomic E-state index is 0.0295. The predicted octanol–water partition coefficient (Wildman–Crippen LogP) is 4.81. The van der Waals surface area contributed by atoms with Gasteiger partial charge in [-0.1, -0.05) is 48.0 Å². The Labute approximate surface area is 202 Å². The van der Waals surface area contributed by atoms with Gasteiger partial charge in [0.05, 0.1) is 15.5 Å². The summed E-state index contributed by atoms with van der Waals surface area (Å²) in [5, 5.41) is 1.69. The molecule has 176 valence electrons. The largest absolute Gasteiger partial charge is 0.265 e. The summed E-state index contributed by atoms with van der Waals surface area (Å²) in [6.45, 7) is -0.434. The topological polar surface area (TPSA) is 83.6 Å². The van der Waals surface area contributed by atoms with Crippen molar-refractivity contribution in [2.24, 2.45) is 0 Å². The monoisotopic (exact) mass is 518 g/mol. The summed E-state index contributed by atoms with van der Waals surface area (Å²) < 4.78 is 69.7. The van der Waals surface area contributed by atoms with E-state index >= 15 is 0 Å². The molecule has 0 aliphatic heterocycles. The molecule has 0 amide bonds. The molecule has 10 heteroatoms. The second-order valence-electron chi connectivity index (χ2n) is 7.38. The van der Waals surface area contributed by atoms with Crippen molar-refractivity contribution in [1.29, 1.82) is 0 Å². The number of nitrogens with one attached hydrogen (secondary N) is 1. The summed E-state index contributed by atoms with van der Waals surface area (Å²) in [4.78, 5) is 0.0672. The summed E-state index contributed by atoms with van der Waals surface area (Å²) >= 11 is 5.88. The van der Waals surface area contributed by atoms with E-state index in [1.165, 1.54) is 42.5 Å². The van der Waals surface area contributed by atoms with Crippen LogP contribution in [0.15, 0.2) is 101 Å². The fourth-order valence-electron chi connectivity index (χ4n) is 3.52. The Morgan fingerprint density at radius 3 is 2.15 bits per heavy atom. The molecular formula is C24H20ClFN2O4S2. The van der Waals surface area contributed by atoms with Crippen LogP contribution in [0.5, 0.6) is 0 Å². The van der Waals surface area contributed by atoms with E-state index in [0.717, 1.165) is 21.8 Å². The van der Waals surface area contributed by atoms with Gasteiger partial charge in [-0.25, -0.2) is 25.9 Å². The highest BCUT2D eigenvalue weighted by Gasteiger charge is 2.26. The maximum absolute atomic E-state index is 13.5. The van der Waals surface area contributed by atoms with Gasteiger partial charge in [-0.15, -0.1) is 0 Å². The van der Waals surface area contributed by atoms with E-state index in [4.69, 9.17) is 11.6 Å². The van der Waals surface area contributed by atoms with Crippen LogP contribution in [0.2, 0.25) is 5.02 Å². The zero-order chi connectivity index (χ0) is 24.3. The second kappa shape index (κ2) is 9.71. The van der Waals surface area contributed by atoms with Gasteiger partial charge in [0.15, 0.2) is 0 Å². The van der Waals surface area contributed by atoms with Crippen LogP contribution in [-0.2, 0) is 20.0 Å². The van der Waals surface area contributed by atoms with E-state index < -0.39 is 25.9 Å². The predicted molar refractivity (Wildman–Crippen MR) is 132 cm³/mol. The molecule has 0 bridgehead atoms. The molecule has 4 aromatic carbocycles. The molecule has 0 aromatic heterocycles. The molecule has 1 N–H and O–H groups in total. The molecule has 0 radical (unpaired) electrons. The standard InChI is InChI=1S/C24H20ClFN2O4S2/c25-19-8-14-22(15-9-19)34(31,32)28(21-12-10-20(26)11-13-21)17-16-27-33(29,30)24-7-3-5-18-4-1-2-6-23(18)24/h1-15,27H,16-17H2. The molecule has 4 aromatic rings. The van der Waals surface area contributed by atoms with E-state index in [1.807, 2.05) is 18.2 Å². The molecule has 0 heterocycles. The van der Waals surface area contributed by atoms with Crippen molar-refractivity contribution in [3.63, 3.8) is 0 Å². The zero-order valence-electron chi connectivity index (χ0n) is 17.7. The molecule has 6 nitrogen and oxygen atoms in total. The number of rotatable bonds is 8. The Bertz CT molecular complexity index is 1520. The molecule has 0 fully saturated rings. The third-order valence-corrected chi connectivity index (χ3v) is 8.78. The summed E-state index contributed by atoms with van der Waals surface area (Å²) in [7, 11) is -8.02. The van der Waals surface area contributed by atoms with E-state index in [9.17, 15) is 21.2 Å². The van der Waals surface area contributed by atoms with Gasteiger partial charge >= 0.3 is 0 Å². The smallest absolute Gasteiger partial charge is 0.264 e. The van der Waals surface area contributed by atoms with Gasteiger partial charge in [0.1, 0.15) is 5.82 Å². The molecule has 0 unspecified atom stereocenters. The zero-order valence-corrected chi connectivity index (χ0v) is 20.1. The maximum atomic E-state index is 13.5. The maximum Gasteiger partial charge on any atom is 0.264 e. The first kappa shape index (κ1) is 24.2. The summed E-state index contributed by atoms with van der Waals surface area (Å²) in [5.74, 6) is -0.524. The van der Waals surface area contributed by atoms with E-state index in [0.29, 0.717) is 10.4 Å². The van der Waals surface area contributed by atoms with E-state index in [-0.39, 0.29) is 28.6 Å². The van der Waals surface area contributed by atoms with Gasteiger partial charge in [0.25, 0.3) is 10.0 Å². The normalized spacial score (nSPS) is 12.1. The first-order chi connectivity index (χ1) is 16.2. The van der Waals surface area contributed by atoms with Crippen molar-refractivity contribution in [1.82, 2.24) is 4.72 Å². The third kappa shape index (κ3) is 5.07. The Hall–Kier alpha value is -2.98. The first-order valence-electron chi connectivity index (χ1n) is 10.2. The fraction of sp³-hybridized carbons (Fsp3) is 0.0833. The molecule has 0 saturated carbocycles. The van der Waals surface area contributed by atoms with Gasteiger partial charge < -0.3 is 0 Å². The lowest BCUT2D eigenvalue weighted by atomic mass is 10.1. The molecule has 0 aliphatic rings. The number of anilines is 1. The van der Waals surface area contributed by atoms with Crippen LogP contribution in [0.4, 0.5) is 10.1 Å². The minimum atomic E-state index is -4.08. The number of hydrogen-bond acceptors (Lipinski definition) is 4. The summed E-state index contributed by atoms with van der Waals surface area (Å²) in [6, 6.07) is 22.5. The molecule has 34 heavy (non-hydrogen) atoms. The lowest BCUT2D eigenvalue weighted by molar-refractivity contribution is 0.577. The van der Waals surface area contributed by atoms with Crippen molar-refractivity contribution in [2.45, 2.75) is 9.79 Å². The SMILES string of the molecule is O=S(=O)(NCCN(c1ccc(F)cc1)S(=O)(=O)c1ccc(Cl)cc1)c1cccc2ccccc12. The molecule has 0 atom stereocenters. The molecule has 0 aliphatic carbocycles. The van der Waals surface area contributed by atoms with Crippen LogP contribution in [0.25, 0.3) is 10.8 Å². The Morgan fingerprint density at radius 2 is 1.44 bits per heavy atom. The van der Waals surface area contributed by atoms with Gasteiger partial charge in [0, 0.05) is 23.5 Å². The van der Waals surface area contributed by atoms with Gasteiger partial charge in [0.2, 0.25) is 10.0 Å². The van der Waals surface area contributed by atoms with Gasteiger partial charge in [-0.2, -0.15) is 0 Å². The van der Waals surface area contributed by atoms with Crippen LogP contribution in [0.3, 0.4) is 0 Å². The number of benzene rings is 4. The Morgan fingerprint density at radius 1 is 0.794 bits per heavy atom. The van der Waals surface area contributed by atoms with Gasteiger partial charge in [-0.3, -0.25) is 4.31 Å². The molecular weight excluding hydrogens is 499 g/mol. The second-order valence-corrected chi connectivity index (χ2v) is 11.4. The van der Waals surface area contributed by atoms with Crippen LogP contribution < -0.4 is 9.03 Å². The van der Waals surface area contributed by atoms with Crippen molar-refractivity contribution in [3.8, 4) is 0 Å². The highest BCUT2D eigenvalue weighted by atomic mass is 35.5. The van der Waals surface area contributed by atoms with Crippen LogP contribution in [0, 0.1) is 5.82 Å². The van der Waals surface area contributed by atoms with Crippen LogP contribution in [0.1, 0.15) is 0 Å². The average Bonchev–Trinajstić information content (AvgIpc) is 2.82. The highest BCUT2D eigenvalue weighted by Crippen LogP contribution is 2.26. The van der Waals surface area contributed by atoms with Gasteiger partial charge in [-0.05, 0) is 60.0 Å². The first-order valence-corrected chi connectivity index (χ1v) is 13.5.